The fraction of sp³-hybridized carbons (Fsp3) is 1.00. The first kappa shape index (κ1) is 15.6. The first-order valence-electron chi connectivity index (χ1n) is 1.13. The number of hydrogen-bond donors (Lipinski definition) is 2. The third kappa shape index (κ3) is 17.8. The van der Waals surface area contributed by atoms with Crippen molar-refractivity contribution >= 4 is 51.4 Å². The van der Waals surface area contributed by atoms with Gasteiger partial charge in [-0.3, -0.25) is 0 Å². The standard InChI is InChI=1S/C2H6O2.K.H2O.H/c3-1-2-4;;;/h3-4H,1-2H2;;1H2;. The van der Waals surface area contributed by atoms with Gasteiger partial charge >= 0.3 is 51.4 Å². The summed E-state index contributed by atoms with van der Waals surface area (Å²) in [4.78, 5) is 0. The fourth-order valence-electron chi connectivity index (χ4n) is 0. The second kappa shape index (κ2) is 16.0. The average molecular weight is 120 g/mol. The Morgan fingerprint density at radius 2 is 1.17 bits per heavy atom. The second-order valence-electron chi connectivity index (χ2n) is 0.447. The van der Waals surface area contributed by atoms with E-state index >= 15 is 0 Å². The summed E-state index contributed by atoms with van der Waals surface area (Å²) in [5.41, 5.74) is 0. The van der Waals surface area contributed by atoms with Crippen molar-refractivity contribution in [1.29, 1.82) is 0 Å². The van der Waals surface area contributed by atoms with Crippen LogP contribution < -0.4 is 0 Å². The Kier molecular flexibility index (Phi) is 41.8. The van der Waals surface area contributed by atoms with E-state index in [4.69, 9.17) is 10.2 Å². The van der Waals surface area contributed by atoms with Crippen LogP contribution in [0, 0.1) is 0 Å². The average Bonchev–Trinajstić information content (AvgIpc) is 1.37. The van der Waals surface area contributed by atoms with Gasteiger partial charge in [-0.05, 0) is 0 Å². The monoisotopic (exact) mass is 120 g/mol. The molecule has 0 saturated carbocycles. The van der Waals surface area contributed by atoms with Crippen molar-refractivity contribution in [3.63, 3.8) is 0 Å². The first-order chi connectivity index (χ1) is 1.91. The molecule has 36 valence electrons. The molecule has 0 aromatic carbocycles. The zero-order chi connectivity index (χ0) is 3.41. The van der Waals surface area contributed by atoms with E-state index in [1.54, 1.807) is 0 Å². The van der Waals surface area contributed by atoms with E-state index in [1.165, 1.54) is 0 Å². The van der Waals surface area contributed by atoms with Gasteiger partial charge in [0, 0.05) is 0 Å². The summed E-state index contributed by atoms with van der Waals surface area (Å²) in [5.74, 6) is 0. The number of hydrogen-bond acceptors (Lipinski definition) is 2. The Bertz CT molecular complexity index is 10.8. The number of aliphatic hydroxyl groups is 2. The Labute approximate surface area is 79.1 Å². The van der Waals surface area contributed by atoms with E-state index in [0.717, 1.165) is 0 Å². The van der Waals surface area contributed by atoms with Gasteiger partial charge in [0.05, 0.1) is 13.2 Å². The molecule has 0 heterocycles. The van der Waals surface area contributed by atoms with Gasteiger partial charge in [-0.15, -0.1) is 0 Å². The van der Waals surface area contributed by atoms with E-state index in [9.17, 15) is 0 Å². The molecule has 0 aromatic rings. The van der Waals surface area contributed by atoms with Crippen LogP contribution in [0.2, 0.25) is 0 Å². The van der Waals surface area contributed by atoms with Crippen molar-refractivity contribution in [3.8, 4) is 0 Å². The minimum atomic E-state index is -0.125. The summed E-state index contributed by atoms with van der Waals surface area (Å²) < 4.78 is 0. The molecule has 0 aliphatic carbocycles. The van der Waals surface area contributed by atoms with Crippen LogP contribution in [0.4, 0.5) is 0 Å². The molecule has 0 spiro atoms. The molecular formula is C2H9KO3. The van der Waals surface area contributed by atoms with E-state index < -0.39 is 0 Å². The Hall–Kier alpha value is 1.52. The Balaban J connectivity index is -0.0000000450. The van der Waals surface area contributed by atoms with Gasteiger partial charge in [-0.25, -0.2) is 0 Å². The maximum absolute atomic E-state index is 7.62. The van der Waals surface area contributed by atoms with Crippen LogP contribution in [-0.4, -0.2) is 80.3 Å². The maximum atomic E-state index is 7.62. The third-order valence-corrected chi connectivity index (χ3v) is 0.1000. The SMILES string of the molecule is O.OCCO.[KH]. The second-order valence-corrected chi connectivity index (χ2v) is 0.447. The molecule has 6 heavy (non-hydrogen) atoms. The zero-order valence-electron chi connectivity index (χ0n) is 2.81. The van der Waals surface area contributed by atoms with Gasteiger partial charge in [-0.1, -0.05) is 0 Å². The fourth-order valence-corrected chi connectivity index (χ4v) is 0. The van der Waals surface area contributed by atoms with Crippen molar-refractivity contribution in [1.82, 2.24) is 0 Å². The number of aliphatic hydroxyl groups excluding tert-OH is 2. The predicted molar refractivity (Wildman–Crippen MR) is 24.9 cm³/mol. The molecule has 0 aliphatic heterocycles. The molecule has 0 saturated heterocycles. The van der Waals surface area contributed by atoms with Crippen LogP contribution in [0.25, 0.3) is 0 Å². The van der Waals surface area contributed by atoms with E-state index in [-0.39, 0.29) is 70.1 Å². The summed E-state index contributed by atoms with van der Waals surface area (Å²) in [6.07, 6.45) is 0. The van der Waals surface area contributed by atoms with Gasteiger partial charge in [0.1, 0.15) is 0 Å². The topological polar surface area (TPSA) is 72.0 Å². The molecule has 0 radical (unpaired) electrons. The quantitative estimate of drug-likeness (QED) is 0.375. The summed E-state index contributed by atoms with van der Waals surface area (Å²) in [6.45, 7) is -0.250. The van der Waals surface area contributed by atoms with Gasteiger partial charge < -0.3 is 15.7 Å². The summed E-state index contributed by atoms with van der Waals surface area (Å²) in [7, 11) is 0. The van der Waals surface area contributed by atoms with Crippen molar-refractivity contribution in [2.24, 2.45) is 0 Å². The summed E-state index contributed by atoms with van der Waals surface area (Å²) in [6, 6.07) is 0. The van der Waals surface area contributed by atoms with Crippen molar-refractivity contribution in [2.45, 2.75) is 0 Å². The molecule has 0 rings (SSSR count). The van der Waals surface area contributed by atoms with Crippen molar-refractivity contribution < 1.29 is 15.7 Å². The van der Waals surface area contributed by atoms with Crippen molar-refractivity contribution in [3.05, 3.63) is 0 Å². The molecule has 0 amide bonds. The van der Waals surface area contributed by atoms with Crippen LogP contribution in [-0.2, 0) is 0 Å². The minimum absolute atomic E-state index is 0. The Morgan fingerprint density at radius 3 is 1.17 bits per heavy atom. The van der Waals surface area contributed by atoms with Crippen LogP contribution in [0.1, 0.15) is 0 Å². The van der Waals surface area contributed by atoms with E-state index in [0.29, 0.717) is 0 Å². The molecule has 0 unspecified atom stereocenters. The van der Waals surface area contributed by atoms with Gasteiger partial charge in [-0.2, -0.15) is 0 Å². The first-order valence-corrected chi connectivity index (χ1v) is 1.13. The van der Waals surface area contributed by atoms with Gasteiger partial charge in [0.15, 0.2) is 0 Å². The predicted octanol–water partition coefficient (Wildman–Crippen LogP) is -2.50. The summed E-state index contributed by atoms with van der Waals surface area (Å²) in [5, 5.41) is 15.2. The van der Waals surface area contributed by atoms with Crippen molar-refractivity contribution in [2.75, 3.05) is 13.2 Å². The van der Waals surface area contributed by atoms with Crippen LogP contribution in [0.5, 0.6) is 0 Å². The molecule has 0 aromatic heterocycles. The van der Waals surface area contributed by atoms with Crippen LogP contribution in [0.3, 0.4) is 0 Å². The van der Waals surface area contributed by atoms with Crippen LogP contribution in [0.15, 0.2) is 0 Å². The molecule has 0 fully saturated rings. The molecule has 4 N–H and O–H groups in total. The summed E-state index contributed by atoms with van der Waals surface area (Å²) >= 11 is 0. The molecular weight excluding hydrogens is 111 g/mol. The zero-order valence-corrected chi connectivity index (χ0v) is 2.81. The van der Waals surface area contributed by atoms with Crippen LogP contribution >= 0.6 is 0 Å². The Morgan fingerprint density at radius 1 is 1.00 bits per heavy atom. The normalized spacial score (nSPS) is 5.00. The molecule has 0 atom stereocenters. The molecule has 0 aliphatic rings. The molecule has 3 nitrogen and oxygen atoms in total. The van der Waals surface area contributed by atoms with E-state index in [2.05, 4.69) is 0 Å². The third-order valence-electron chi connectivity index (χ3n) is 0.1000. The van der Waals surface area contributed by atoms with E-state index in [1.807, 2.05) is 0 Å². The van der Waals surface area contributed by atoms with Gasteiger partial charge in [0.2, 0.25) is 0 Å². The molecule has 4 heteroatoms. The molecule has 0 bridgehead atoms. The van der Waals surface area contributed by atoms with Gasteiger partial charge in [0.25, 0.3) is 0 Å². The number of rotatable bonds is 1.